The van der Waals surface area contributed by atoms with Crippen LogP contribution in [0, 0.1) is 0 Å². The summed E-state index contributed by atoms with van der Waals surface area (Å²) >= 11 is 0. The highest BCUT2D eigenvalue weighted by Crippen LogP contribution is 2.17. The first-order valence-electron chi connectivity index (χ1n) is 4.92. The summed E-state index contributed by atoms with van der Waals surface area (Å²) in [5, 5.41) is 17.1. The molecule has 2 N–H and O–H groups in total. The van der Waals surface area contributed by atoms with Gasteiger partial charge in [-0.25, -0.2) is 8.42 Å². The molecule has 0 saturated heterocycles. The molecule has 0 bridgehead atoms. The lowest BCUT2D eigenvalue weighted by Gasteiger charge is -2.06. The molecule has 0 aromatic heterocycles. The van der Waals surface area contributed by atoms with Crippen LogP contribution in [0.25, 0.3) is 0 Å². The first kappa shape index (κ1) is 13.8. The lowest BCUT2D eigenvalue weighted by Crippen LogP contribution is -2.20. The van der Waals surface area contributed by atoms with Gasteiger partial charge in [0.2, 0.25) is 0 Å². The Morgan fingerprint density at radius 3 is 2.35 bits per heavy atom. The van der Waals surface area contributed by atoms with E-state index in [2.05, 4.69) is 11.2 Å². The van der Waals surface area contributed by atoms with Crippen LogP contribution < -0.4 is 4.65 Å². The van der Waals surface area contributed by atoms with E-state index in [1.807, 2.05) is 0 Å². The summed E-state index contributed by atoms with van der Waals surface area (Å²) in [6, 6.07) is 5.44. The Morgan fingerprint density at radius 2 is 1.88 bits per heavy atom. The van der Waals surface area contributed by atoms with Gasteiger partial charge in [0.05, 0.1) is 10.6 Å². The van der Waals surface area contributed by atoms with Crippen LogP contribution in [0.4, 0.5) is 0 Å². The molecule has 0 atom stereocenters. The summed E-state index contributed by atoms with van der Waals surface area (Å²) in [4.78, 5) is 0.166. The van der Waals surface area contributed by atoms with Gasteiger partial charge < -0.3 is 14.7 Å². The van der Waals surface area contributed by atoms with Crippen molar-refractivity contribution in [1.82, 2.24) is 0 Å². The van der Waals surface area contributed by atoms with Crippen LogP contribution in [0.1, 0.15) is 6.42 Å². The van der Waals surface area contributed by atoms with Gasteiger partial charge >= 0.3 is 7.32 Å². The third kappa shape index (κ3) is 4.22. The van der Waals surface area contributed by atoms with Gasteiger partial charge in [-0.2, -0.15) is 0 Å². The molecule has 0 aliphatic carbocycles. The number of hydrogen-bond acceptors (Lipinski definition) is 5. The van der Waals surface area contributed by atoms with Gasteiger partial charge in [0.1, 0.15) is 5.75 Å². The van der Waals surface area contributed by atoms with Crippen LogP contribution in [-0.4, -0.2) is 31.5 Å². The van der Waals surface area contributed by atoms with Crippen molar-refractivity contribution < 1.29 is 23.1 Å². The van der Waals surface area contributed by atoms with E-state index < -0.39 is 17.2 Å². The van der Waals surface area contributed by atoms with Crippen molar-refractivity contribution in [3.05, 3.63) is 36.9 Å². The van der Waals surface area contributed by atoms with E-state index in [9.17, 15) is 8.42 Å². The number of allylic oxidation sites excluding steroid dienone is 1. The SMILES string of the molecule is C=CCCS(=O)(=O)c1ccc(OB(O)O)cc1. The predicted octanol–water partition coefficient (Wildman–Crippen LogP) is 0.385. The average Bonchev–Trinajstić information content (AvgIpc) is 2.26. The minimum atomic E-state index is -3.32. The van der Waals surface area contributed by atoms with Crippen LogP contribution in [-0.2, 0) is 9.84 Å². The highest BCUT2D eigenvalue weighted by molar-refractivity contribution is 7.91. The van der Waals surface area contributed by atoms with Crippen LogP contribution in [0.15, 0.2) is 41.8 Å². The molecule has 1 aromatic carbocycles. The number of benzene rings is 1. The van der Waals surface area contributed by atoms with E-state index in [4.69, 9.17) is 10.0 Å². The molecule has 1 aromatic rings. The van der Waals surface area contributed by atoms with Crippen molar-refractivity contribution in [3.8, 4) is 5.75 Å². The normalized spacial score (nSPS) is 10.9. The number of rotatable bonds is 6. The minimum absolute atomic E-state index is 0.000666. The monoisotopic (exact) mass is 256 g/mol. The maximum atomic E-state index is 11.7. The minimum Gasteiger partial charge on any atom is -0.512 e. The second-order valence-corrected chi connectivity index (χ2v) is 5.42. The largest absolute Gasteiger partial charge is 0.707 e. The summed E-state index contributed by atoms with van der Waals surface area (Å²) in [6.07, 6.45) is 1.92. The summed E-state index contributed by atoms with van der Waals surface area (Å²) in [5.74, 6) is 0.182. The predicted molar refractivity (Wildman–Crippen MR) is 64.1 cm³/mol. The van der Waals surface area contributed by atoms with Crippen LogP contribution in [0.3, 0.4) is 0 Å². The van der Waals surface area contributed by atoms with Crippen molar-refractivity contribution in [3.63, 3.8) is 0 Å². The summed E-state index contributed by atoms with van der Waals surface area (Å²) in [6.45, 7) is 3.46. The third-order valence-electron chi connectivity index (χ3n) is 2.02. The van der Waals surface area contributed by atoms with E-state index in [1.54, 1.807) is 0 Å². The highest BCUT2D eigenvalue weighted by atomic mass is 32.2. The highest BCUT2D eigenvalue weighted by Gasteiger charge is 2.15. The van der Waals surface area contributed by atoms with Crippen LogP contribution in [0.5, 0.6) is 5.75 Å². The zero-order chi connectivity index (χ0) is 12.9. The average molecular weight is 256 g/mol. The molecular weight excluding hydrogens is 243 g/mol. The standard InChI is InChI=1S/C10H13BO5S/c1-2-3-8-17(14,15)10-6-4-9(5-7-10)16-11(12)13/h2,4-7,12-13H,1,3,8H2. The first-order chi connectivity index (χ1) is 7.95. The van der Waals surface area contributed by atoms with Crippen molar-refractivity contribution in [2.75, 3.05) is 5.75 Å². The van der Waals surface area contributed by atoms with Gasteiger partial charge in [0, 0.05) is 0 Å². The molecule has 0 saturated carbocycles. The van der Waals surface area contributed by atoms with E-state index >= 15 is 0 Å². The zero-order valence-corrected chi connectivity index (χ0v) is 9.93. The van der Waals surface area contributed by atoms with Crippen molar-refractivity contribution in [2.45, 2.75) is 11.3 Å². The quantitative estimate of drug-likeness (QED) is 0.568. The number of hydrogen-bond donors (Lipinski definition) is 2. The molecule has 1 rings (SSSR count). The molecule has 7 heteroatoms. The van der Waals surface area contributed by atoms with Crippen molar-refractivity contribution >= 4 is 17.2 Å². The molecule has 0 spiro atoms. The molecule has 0 aliphatic heterocycles. The Bertz CT molecular complexity index is 466. The topological polar surface area (TPSA) is 83.8 Å². The van der Waals surface area contributed by atoms with Gasteiger partial charge in [0.25, 0.3) is 0 Å². The maximum Gasteiger partial charge on any atom is 0.707 e. The molecule has 0 aliphatic rings. The van der Waals surface area contributed by atoms with Gasteiger partial charge in [-0.3, -0.25) is 0 Å². The first-order valence-corrected chi connectivity index (χ1v) is 6.57. The van der Waals surface area contributed by atoms with E-state index in [1.165, 1.54) is 30.3 Å². The van der Waals surface area contributed by atoms with Crippen molar-refractivity contribution in [2.24, 2.45) is 0 Å². The van der Waals surface area contributed by atoms with Crippen molar-refractivity contribution in [1.29, 1.82) is 0 Å². The Hall–Kier alpha value is -1.31. The molecule has 17 heavy (non-hydrogen) atoms. The van der Waals surface area contributed by atoms with Crippen LogP contribution in [0.2, 0.25) is 0 Å². The summed E-state index contributed by atoms with van der Waals surface area (Å²) in [5.41, 5.74) is 0. The Morgan fingerprint density at radius 1 is 1.29 bits per heavy atom. The lowest BCUT2D eigenvalue weighted by atomic mass is 10.2. The molecule has 92 valence electrons. The summed E-state index contributed by atoms with van der Waals surface area (Å²) in [7, 11) is -5.24. The van der Waals surface area contributed by atoms with Crippen LogP contribution >= 0.6 is 0 Å². The Kier molecular flexibility index (Phi) is 4.74. The fourth-order valence-electron chi connectivity index (χ4n) is 1.20. The van der Waals surface area contributed by atoms with E-state index in [-0.39, 0.29) is 16.4 Å². The molecule has 0 amide bonds. The molecule has 0 unspecified atom stereocenters. The Balaban J connectivity index is 2.83. The van der Waals surface area contributed by atoms with E-state index in [0.717, 1.165) is 0 Å². The van der Waals surface area contributed by atoms with Gasteiger partial charge in [-0.05, 0) is 30.7 Å². The van der Waals surface area contributed by atoms with Gasteiger partial charge in [0.15, 0.2) is 9.84 Å². The second kappa shape index (κ2) is 5.86. The second-order valence-electron chi connectivity index (χ2n) is 3.31. The van der Waals surface area contributed by atoms with Gasteiger partial charge in [-0.1, -0.05) is 6.08 Å². The fraction of sp³-hybridized carbons (Fsp3) is 0.200. The lowest BCUT2D eigenvalue weighted by molar-refractivity contribution is 0.288. The summed E-state index contributed by atoms with van der Waals surface area (Å²) < 4.78 is 28.0. The molecule has 0 heterocycles. The molecule has 0 fully saturated rings. The molecular formula is C10H13BO5S. The molecule has 0 radical (unpaired) electrons. The van der Waals surface area contributed by atoms with E-state index in [0.29, 0.717) is 6.42 Å². The third-order valence-corrected chi connectivity index (χ3v) is 3.78. The Labute approximate surface area is 100 Å². The zero-order valence-electron chi connectivity index (χ0n) is 9.11. The van der Waals surface area contributed by atoms with Gasteiger partial charge in [-0.15, -0.1) is 6.58 Å². The smallest absolute Gasteiger partial charge is 0.512 e. The maximum absolute atomic E-state index is 11.7. The number of sulfone groups is 1. The molecule has 5 nitrogen and oxygen atoms in total. The fourth-order valence-corrected chi connectivity index (χ4v) is 2.47.